The van der Waals surface area contributed by atoms with E-state index in [1.54, 1.807) is 43.3 Å². The van der Waals surface area contributed by atoms with Gasteiger partial charge in [0, 0.05) is 30.3 Å². The first-order chi connectivity index (χ1) is 14.9. The van der Waals surface area contributed by atoms with Gasteiger partial charge in [0.1, 0.15) is 6.54 Å². The number of carbonyl (C=O) groups excluding carboxylic acids is 4. The smallest absolute Gasteiger partial charge is 0.338 e. The Kier molecular flexibility index (Phi) is 7.25. The van der Waals surface area contributed by atoms with Gasteiger partial charge in [-0.3, -0.25) is 14.4 Å². The van der Waals surface area contributed by atoms with Gasteiger partial charge in [-0.25, -0.2) is 4.79 Å². The zero-order valence-corrected chi connectivity index (χ0v) is 17.7. The number of nitrogens with one attached hydrogen (secondary N) is 1. The van der Waals surface area contributed by atoms with Crippen molar-refractivity contribution in [2.45, 2.75) is 13.5 Å². The molecule has 0 saturated carbocycles. The maximum atomic E-state index is 12.4. The Labute approximate surface area is 184 Å². The third kappa shape index (κ3) is 5.82. The number of ether oxygens (including phenoxy) is 1. The van der Waals surface area contributed by atoms with Crippen LogP contribution in [0.25, 0.3) is 0 Å². The molecule has 1 saturated heterocycles. The number of anilines is 1. The van der Waals surface area contributed by atoms with E-state index in [4.69, 9.17) is 16.3 Å². The van der Waals surface area contributed by atoms with Crippen molar-refractivity contribution >= 4 is 41.0 Å². The third-order valence-electron chi connectivity index (χ3n) is 4.70. The minimum Gasteiger partial charge on any atom is -0.462 e. The summed E-state index contributed by atoms with van der Waals surface area (Å²) >= 11 is 5.87. The molecule has 8 nitrogen and oxygen atoms in total. The van der Waals surface area contributed by atoms with Crippen molar-refractivity contribution in [2.24, 2.45) is 0 Å². The summed E-state index contributed by atoms with van der Waals surface area (Å²) in [6.07, 6.45) is 0. The molecule has 31 heavy (non-hydrogen) atoms. The average molecular weight is 444 g/mol. The van der Waals surface area contributed by atoms with E-state index in [0.29, 0.717) is 29.4 Å². The quantitative estimate of drug-likeness (QED) is 0.523. The molecule has 2 aromatic rings. The molecule has 0 unspecified atom stereocenters. The van der Waals surface area contributed by atoms with Gasteiger partial charge in [0.2, 0.25) is 5.91 Å². The first kappa shape index (κ1) is 22.3. The zero-order valence-electron chi connectivity index (χ0n) is 17.0. The summed E-state index contributed by atoms with van der Waals surface area (Å²) in [5, 5.41) is 3.25. The largest absolute Gasteiger partial charge is 0.462 e. The summed E-state index contributed by atoms with van der Waals surface area (Å²) in [6, 6.07) is 13.3. The molecule has 0 aliphatic carbocycles. The number of benzene rings is 2. The second-order valence-electron chi connectivity index (χ2n) is 6.93. The van der Waals surface area contributed by atoms with Crippen LogP contribution >= 0.6 is 11.6 Å². The van der Waals surface area contributed by atoms with Crippen LogP contribution in [0, 0.1) is 0 Å². The van der Waals surface area contributed by atoms with Crippen LogP contribution in [-0.4, -0.2) is 59.7 Å². The first-order valence-electron chi connectivity index (χ1n) is 9.77. The lowest BCUT2D eigenvalue weighted by atomic mass is 10.2. The summed E-state index contributed by atoms with van der Waals surface area (Å²) in [4.78, 5) is 51.5. The predicted octanol–water partition coefficient (Wildman–Crippen LogP) is 2.33. The summed E-state index contributed by atoms with van der Waals surface area (Å²) in [5.41, 5.74) is 1.71. The van der Waals surface area contributed by atoms with Crippen LogP contribution in [0.5, 0.6) is 0 Å². The molecule has 0 radical (unpaired) electrons. The average Bonchev–Trinajstić information content (AvgIpc) is 2.75. The van der Waals surface area contributed by atoms with Gasteiger partial charge in [-0.15, -0.1) is 0 Å². The molecular formula is C22H22ClN3O5. The fourth-order valence-corrected chi connectivity index (χ4v) is 3.23. The number of amides is 3. The van der Waals surface area contributed by atoms with Crippen LogP contribution < -0.4 is 5.32 Å². The molecule has 162 valence electrons. The van der Waals surface area contributed by atoms with Crippen LogP contribution in [0.3, 0.4) is 0 Å². The molecule has 1 aliphatic rings. The van der Waals surface area contributed by atoms with Crippen molar-refractivity contribution < 1.29 is 23.9 Å². The molecule has 0 spiro atoms. The SMILES string of the molecule is CCOC(=O)c1ccc(NC(=O)CN2CCN(Cc3ccc(Cl)cc3)C(=O)C2=O)cc1. The van der Waals surface area contributed by atoms with E-state index in [1.807, 2.05) is 0 Å². The van der Waals surface area contributed by atoms with Crippen molar-refractivity contribution in [2.75, 3.05) is 31.6 Å². The molecule has 3 amide bonds. The highest BCUT2D eigenvalue weighted by molar-refractivity contribution is 6.35. The molecule has 0 bridgehead atoms. The van der Waals surface area contributed by atoms with E-state index >= 15 is 0 Å². The van der Waals surface area contributed by atoms with E-state index in [0.717, 1.165) is 5.56 Å². The Morgan fingerprint density at radius 2 is 1.58 bits per heavy atom. The van der Waals surface area contributed by atoms with Gasteiger partial charge in [-0.1, -0.05) is 23.7 Å². The number of esters is 1. The molecule has 2 aromatic carbocycles. The van der Waals surface area contributed by atoms with Crippen LogP contribution in [-0.2, 0) is 25.7 Å². The molecular weight excluding hydrogens is 422 g/mol. The highest BCUT2D eigenvalue weighted by atomic mass is 35.5. The molecule has 0 aromatic heterocycles. The molecule has 1 fully saturated rings. The van der Waals surface area contributed by atoms with Gasteiger partial charge in [0.25, 0.3) is 0 Å². The van der Waals surface area contributed by atoms with Gasteiger partial charge in [-0.05, 0) is 48.9 Å². The number of carbonyl (C=O) groups is 4. The second kappa shape index (κ2) is 10.1. The van der Waals surface area contributed by atoms with Gasteiger partial charge < -0.3 is 19.9 Å². The monoisotopic (exact) mass is 443 g/mol. The minimum absolute atomic E-state index is 0.237. The Morgan fingerprint density at radius 3 is 2.23 bits per heavy atom. The van der Waals surface area contributed by atoms with E-state index in [1.165, 1.54) is 21.9 Å². The lowest BCUT2D eigenvalue weighted by molar-refractivity contribution is -0.157. The van der Waals surface area contributed by atoms with Gasteiger partial charge in [0.05, 0.1) is 12.2 Å². The zero-order chi connectivity index (χ0) is 22.4. The van der Waals surface area contributed by atoms with Crippen LogP contribution in [0.15, 0.2) is 48.5 Å². The van der Waals surface area contributed by atoms with E-state index in [9.17, 15) is 19.2 Å². The number of nitrogens with zero attached hydrogens (tertiary/aromatic N) is 2. The van der Waals surface area contributed by atoms with Crippen molar-refractivity contribution in [3.05, 3.63) is 64.7 Å². The first-order valence-corrected chi connectivity index (χ1v) is 10.1. The Morgan fingerprint density at radius 1 is 0.968 bits per heavy atom. The van der Waals surface area contributed by atoms with Crippen molar-refractivity contribution in [3.63, 3.8) is 0 Å². The van der Waals surface area contributed by atoms with Crippen molar-refractivity contribution in [3.8, 4) is 0 Å². The van der Waals surface area contributed by atoms with E-state index < -0.39 is 23.7 Å². The number of halogens is 1. The van der Waals surface area contributed by atoms with E-state index in [2.05, 4.69) is 5.32 Å². The fourth-order valence-electron chi connectivity index (χ4n) is 3.10. The molecule has 1 N–H and O–H groups in total. The number of piperazine rings is 1. The molecule has 9 heteroatoms. The van der Waals surface area contributed by atoms with Crippen LogP contribution in [0.1, 0.15) is 22.8 Å². The molecule has 1 aliphatic heterocycles. The topological polar surface area (TPSA) is 96.0 Å². The number of rotatable bonds is 7. The summed E-state index contributed by atoms with van der Waals surface area (Å²) in [7, 11) is 0. The summed E-state index contributed by atoms with van der Waals surface area (Å²) in [5.74, 6) is -2.24. The van der Waals surface area contributed by atoms with E-state index in [-0.39, 0.29) is 19.7 Å². The molecule has 0 atom stereocenters. The summed E-state index contributed by atoms with van der Waals surface area (Å²) < 4.78 is 4.91. The normalized spacial score (nSPS) is 13.9. The highest BCUT2D eigenvalue weighted by Crippen LogP contribution is 2.15. The highest BCUT2D eigenvalue weighted by Gasteiger charge is 2.33. The lowest BCUT2D eigenvalue weighted by Gasteiger charge is -2.33. The molecule has 3 rings (SSSR count). The Bertz CT molecular complexity index is 976. The lowest BCUT2D eigenvalue weighted by Crippen LogP contribution is -2.55. The maximum Gasteiger partial charge on any atom is 0.338 e. The number of hydrogen-bond donors (Lipinski definition) is 1. The second-order valence-corrected chi connectivity index (χ2v) is 7.36. The third-order valence-corrected chi connectivity index (χ3v) is 4.95. The predicted molar refractivity (Wildman–Crippen MR) is 114 cm³/mol. The van der Waals surface area contributed by atoms with Crippen LogP contribution in [0.4, 0.5) is 5.69 Å². The van der Waals surface area contributed by atoms with Crippen molar-refractivity contribution in [1.29, 1.82) is 0 Å². The van der Waals surface area contributed by atoms with Gasteiger partial charge in [-0.2, -0.15) is 0 Å². The maximum absolute atomic E-state index is 12.4. The Balaban J connectivity index is 1.53. The van der Waals surface area contributed by atoms with Gasteiger partial charge >= 0.3 is 17.8 Å². The Hall–Kier alpha value is -3.39. The summed E-state index contributed by atoms with van der Waals surface area (Å²) in [6.45, 7) is 2.64. The molecule has 1 heterocycles. The fraction of sp³-hybridized carbons (Fsp3) is 0.273. The number of hydrogen-bond acceptors (Lipinski definition) is 5. The minimum atomic E-state index is -0.715. The van der Waals surface area contributed by atoms with Gasteiger partial charge in [0.15, 0.2) is 0 Å². The van der Waals surface area contributed by atoms with Crippen molar-refractivity contribution in [1.82, 2.24) is 9.80 Å². The standard InChI is InChI=1S/C22H22ClN3O5/c1-2-31-22(30)16-5-9-18(10-6-16)24-19(27)14-26-12-11-25(20(28)21(26)29)13-15-3-7-17(23)8-4-15/h3-10H,2,11-14H2,1H3,(H,24,27). The van der Waals surface area contributed by atoms with Crippen LogP contribution in [0.2, 0.25) is 5.02 Å².